The van der Waals surface area contributed by atoms with Crippen LogP contribution in [0.2, 0.25) is 0 Å². The van der Waals surface area contributed by atoms with Gasteiger partial charge in [0.15, 0.2) is 0 Å². The molecule has 2 heterocycles. The van der Waals surface area contributed by atoms with Crippen molar-refractivity contribution in [1.29, 1.82) is 0 Å². The fourth-order valence-corrected chi connectivity index (χ4v) is 5.11. The van der Waals surface area contributed by atoms with E-state index in [1.54, 1.807) is 12.1 Å². The van der Waals surface area contributed by atoms with E-state index in [9.17, 15) is 31.5 Å². The van der Waals surface area contributed by atoms with Gasteiger partial charge in [-0.2, -0.15) is 18.3 Å². The van der Waals surface area contributed by atoms with E-state index < -0.39 is 47.9 Å². The van der Waals surface area contributed by atoms with Gasteiger partial charge in [0.1, 0.15) is 18.2 Å². The van der Waals surface area contributed by atoms with Crippen molar-refractivity contribution in [2.75, 3.05) is 51.3 Å². The normalized spacial score (nSPS) is 17.3. The van der Waals surface area contributed by atoms with E-state index in [0.29, 0.717) is 32.8 Å². The molecule has 0 spiro atoms. The van der Waals surface area contributed by atoms with Crippen LogP contribution in [0.5, 0.6) is 0 Å². The minimum atomic E-state index is -4.54. The maximum atomic E-state index is 14.9. The topological polar surface area (TPSA) is 77.5 Å². The van der Waals surface area contributed by atoms with Crippen LogP contribution >= 0.6 is 0 Å². The first-order valence-corrected chi connectivity index (χ1v) is 14.0. The summed E-state index contributed by atoms with van der Waals surface area (Å²) in [6.07, 6.45) is -4.50. The summed E-state index contributed by atoms with van der Waals surface area (Å²) >= 11 is 0. The highest BCUT2D eigenvalue weighted by Gasteiger charge is 2.36. The van der Waals surface area contributed by atoms with Gasteiger partial charge in [-0.1, -0.05) is 36.4 Å². The van der Waals surface area contributed by atoms with Crippen molar-refractivity contribution in [1.82, 2.24) is 14.8 Å². The van der Waals surface area contributed by atoms with Gasteiger partial charge in [0.25, 0.3) is 5.91 Å². The number of rotatable bonds is 8. The minimum absolute atomic E-state index is 0.0408. The first kappa shape index (κ1) is 31.1. The van der Waals surface area contributed by atoms with Crippen molar-refractivity contribution < 1.29 is 36.3 Å². The van der Waals surface area contributed by atoms with E-state index in [2.05, 4.69) is 15.3 Å². The number of halogens is 5. The first-order valence-electron chi connectivity index (χ1n) is 14.0. The van der Waals surface area contributed by atoms with Gasteiger partial charge in [-0.15, -0.1) is 0 Å². The van der Waals surface area contributed by atoms with Crippen LogP contribution in [-0.4, -0.2) is 78.4 Å². The van der Waals surface area contributed by atoms with Crippen LogP contribution in [-0.2, 0) is 15.7 Å². The molecule has 3 aromatic carbocycles. The van der Waals surface area contributed by atoms with Crippen LogP contribution in [0.1, 0.15) is 29.2 Å². The van der Waals surface area contributed by atoms with Crippen molar-refractivity contribution >= 4 is 23.3 Å². The monoisotopic (exact) mass is 615 g/mol. The molecule has 1 atom stereocenters. The third-order valence-corrected chi connectivity index (χ3v) is 7.48. The van der Waals surface area contributed by atoms with Crippen LogP contribution in [0.15, 0.2) is 77.9 Å². The standard InChI is InChI=1S/C31H30F5N5O3/c32-25-7-3-1-5-23(25)27-19-28(24-6-2-4-8-26(24)33)41(38-27)29(42)20-40(14-13-39-15-17-44-18-16-39)30(43)37-22-11-9-21(10-12-22)31(34,35)36/h1-12,28H,13-20H2,(H,37,43)/t28-/m0/s1. The molecule has 0 unspecified atom stereocenters. The van der Waals surface area contributed by atoms with E-state index in [4.69, 9.17) is 4.74 Å². The first-order chi connectivity index (χ1) is 21.1. The summed E-state index contributed by atoms with van der Waals surface area (Å²) in [5, 5.41) is 8.03. The average molecular weight is 616 g/mol. The number of amides is 3. The Morgan fingerprint density at radius 2 is 1.59 bits per heavy atom. The van der Waals surface area contributed by atoms with Crippen molar-refractivity contribution in [3.05, 3.63) is 101 Å². The third kappa shape index (κ3) is 7.40. The van der Waals surface area contributed by atoms with Gasteiger partial charge >= 0.3 is 12.2 Å². The Morgan fingerprint density at radius 1 is 0.932 bits per heavy atom. The van der Waals surface area contributed by atoms with Crippen molar-refractivity contribution in [3.8, 4) is 0 Å². The van der Waals surface area contributed by atoms with E-state index in [1.807, 2.05) is 0 Å². The molecule has 0 bridgehead atoms. The lowest BCUT2D eigenvalue weighted by Crippen LogP contribution is -2.47. The lowest BCUT2D eigenvalue weighted by Gasteiger charge is -2.31. The predicted octanol–water partition coefficient (Wildman–Crippen LogP) is 5.53. The van der Waals surface area contributed by atoms with Crippen molar-refractivity contribution in [3.63, 3.8) is 0 Å². The lowest BCUT2D eigenvalue weighted by molar-refractivity contribution is -0.137. The molecule has 0 aromatic heterocycles. The zero-order valence-electron chi connectivity index (χ0n) is 23.6. The fourth-order valence-electron chi connectivity index (χ4n) is 5.11. The van der Waals surface area contributed by atoms with Gasteiger partial charge in [-0.05, 0) is 36.4 Å². The van der Waals surface area contributed by atoms with Gasteiger partial charge in [-0.3, -0.25) is 9.69 Å². The molecule has 3 amide bonds. The number of nitrogens with zero attached hydrogens (tertiary/aromatic N) is 4. The number of ether oxygens (including phenoxy) is 1. The van der Waals surface area contributed by atoms with Crippen LogP contribution in [0, 0.1) is 11.6 Å². The molecular weight excluding hydrogens is 585 g/mol. The summed E-state index contributed by atoms with van der Waals surface area (Å²) in [6.45, 7) is 2.30. The third-order valence-electron chi connectivity index (χ3n) is 7.48. The predicted molar refractivity (Wildman–Crippen MR) is 153 cm³/mol. The molecule has 8 nitrogen and oxygen atoms in total. The maximum absolute atomic E-state index is 14.9. The van der Waals surface area contributed by atoms with Crippen LogP contribution in [0.25, 0.3) is 0 Å². The highest BCUT2D eigenvalue weighted by atomic mass is 19.4. The van der Waals surface area contributed by atoms with Gasteiger partial charge in [0.2, 0.25) is 0 Å². The summed E-state index contributed by atoms with van der Waals surface area (Å²) in [6, 6.07) is 14.2. The summed E-state index contributed by atoms with van der Waals surface area (Å²) in [4.78, 5) is 30.5. The highest BCUT2D eigenvalue weighted by Crippen LogP contribution is 2.35. The Kier molecular flexibility index (Phi) is 9.55. The summed E-state index contributed by atoms with van der Waals surface area (Å²) in [7, 11) is 0. The summed E-state index contributed by atoms with van der Waals surface area (Å²) in [5.74, 6) is -1.76. The van der Waals surface area contributed by atoms with Crippen molar-refractivity contribution in [2.24, 2.45) is 5.10 Å². The number of benzene rings is 3. The van der Waals surface area contributed by atoms with Crippen molar-refractivity contribution in [2.45, 2.75) is 18.6 Å². The van der Waals surface area contributed by atoms with E-state index in [0.717, 1.165) is 29.3 Å². The molecule has 1 fully saturated rings. The number of anilines is 1. The van der Waals surface area contributed by atoms with Crippen LogP contribution < -0.4 is 5.32 Å². The summed E-state index contributed by atoms with van der Waals surface area (Å²) in [5.41, 5.74) is -0.152. The molecule has 2 aliphatic rings. The Bertz CT molecular complexity index is 1510. The molecule has 1 N–H and O–H groups in total. The second kappa shape index (κ2) is 13.5. The molecule has 0 aliphatic carbocycles. The van der Waals surface area contributed by atoms with Crippen LogP contribution in [0.3, 0.4) is 0 Å². The van der Waals surface area contributed by atoms with Gasteiger partial charge in [-0.25, -0.2) is 18.6 Å². The average Bonchev–Trinajstić information content (AvgIpc) is 3.45. The smallest absolute Gasteiger partial charge is 0.379 e. The zero-order valence-corrected chi connectivity index (χ0v) is 23.6. The number of carbonyl (C=O) groups excluding carboxylic acids is 2. The molecule has 44 heavy (non-hydrogen) atoms. The maximum Gasteiger partial charge on any atom is 0.416 e. The van der Waals surface area contributed by atoms with Gasteiger partial charge < -0.3 is 15.0 Å². The number of hydrogen-bond donors (Lipinski definition) is 1. The molecule has 5 rings (SSSR count). The quantitative estimate of drug-likeness (QED) is 0.339. The largest absolute Gasteiger partial charge is 0.416 e. The number of hydrazone groups is 1. The molecule has 0 radical (unpaired) electrons. The molecule has 13 heteroatoms. The Balaban J connectivity index is 1.39. The number of morpholine rings is 1. The second-order valence-electron chi connectivity index (χ2n) is 10.4. The van der Waals surface area contributed by atoms with E-state index >= 15 is 0 Å². The molecule has 1 saturated heterocycles. The molecule has 3 aromatic rings. The molecule has 2 aliphatic heterocycles. The van der Waals surface area contributed by atoms with Gasteiger partial charge in [0, 0.05) is 49.4 Å². The van der Waals surface area contributed by atoms with Gasteiger partial charge in [0.05, 0.1) is 30.5 Å². The fraction of sp³-hybridized carbons (Fsp3) is 0.323. The van der Waals surface area contributed by atoms with E-state index in [1.165, 1.54) is 41.3 Å². The Hall–Kier alpha value is -4.36. The number of alkyl halides is 3. The molecular formula is C31H30F5N5O3. The number of urea groups is 1. The summed E-state index contributed by atoms with van der Waals surface area (Å²) < 4.78 is 74.0. The Morgan fingerprint density at radius 3 is 2.25 bits per heavy atom. The SMILES string of the molecule is O=C(Nc1ccc(C(F)(F)F)cc1)N(CCN1CCOCC1)CC(=O)N1N=C(c2ccccc2F)C[C@H]1c1ccccc1F. The zero-order chi connectivity index (χ0) is 31.3. The second-order valence-corrected chi connectivity index (χ2v) is 10.4. The Labute approximate surface area is 250 Å². The number of nitrogens with one attached hydrogen (secondary N) is 1. The minimum Gasteiger partial charge on any atom is -0.379 e. The number of carbonyl (C=O) groups is 2. The molecule has 232 valence electrons. The highest BCUT2D eigenvalue weighted by molar-refractivity contribution is 6.03. The molecule has 0 saturated carbocycles. The lowest BCUT2D eigenvalue weighted by atomic mass is 9.97. The number of hydrogen-bond acceptors (Lipinski definition) is 5. The van der Waals surface area contributed by atoms with E-state index in [-0.39, 0.29) is 35.5 Å². The van der Waals surface area contributed by atoms with Crippen LogP contribution in [0.4, 0.5) is 32.4 Å².